The van der Waals surface area contributed by atoms with Crippen molar-refractivity contribution in [2.75, 3.05) is 12.8 Å². The summed E-state index contributed by atoms with van der Waals surface area (Å²) in [5, 5.41) is 0.110. The summed E-state index contributed by atoms with van der Waals surface area (Å²) in [7, 11) is -3.20. The van der Waals surface area contributed by atoms with Crippen LogP contribution in [-0.2, 0) is 16.3 Å². The molecule has 1 rings (SSSR count). The minimum absolute atomic E-state index is 0.110. The summed E-state index contributed by atoms with van der Waals surface area (Å²) in [5.41, 5.74) is 6.25. The number of nitrogens with two attached hydrogens (primary N) is 1. The molecule has 72 valence electrons. The molecule has 0 saturated heterocycles. The lowest BCUT2D eigenvalue weighted by atomic mass is 10.2. The quantitative estimate of drug-likeness (QED) is 0.744. The van der Waals surface area contributed by atoms with E-state index in [2.05, 4.69) is 4.98 Å². The Morgan fingerprint density at radius 3 is 2.77 bits per heavy atom. The van der Waals surface area contributed by atoms with Gasteiger partial charge in [-0.3, -0.25) is 0 Å². The van der Waals surface area contributed by atoms with E-state index in [-0.39, 0.29) is 5.03 Å². The van der Waals surface area contributed by atoms with Gasteiger partial charge in [-0.05, 0) is 30.7 Å². The second-order valence-electron chi connectivity index (χ2n) is 2.81. The first-order valence-corrected chi connectivity index (χ1v) is 5.78. The van der Waals surface area contributed by atoms with Crippen LogP contribution in [0.3, 0.4) is 0 Å². The van der Waals surface area contributed by atoms with Crippen LogP contribution in [0.1, 0.15) is 5.56 Å². The van der Waals surface area contributed by atoms with Gasteiger partial charge in [0.05, 0.1) is 0 Å². The van der Waals surface area contributed by atoms with Crippen LogP contribution in [0, 0.1) is 0 Å². The second-order valence-corrected chi connectivity index (χ2v) is 4.78. The van der Waals surface area contributed by atoms with E-state index in [1.54, 1.807) is 12.1 Å². The molecule has 0 radical (unpaired) electrons. The van der Waals surface area contributed by atoms with Gasteiger partial charge >= 0.3 is 0 Å². The Balaban J connectivity index is 3.06. The summed E-state index contributed by atoms with van der Waals surface area (Å²) in [6.07, 6.45) is 3.30. The topological polar surface area (TPSA) is 73.0 Å². The molecule has 0 aliphatic heterocycles. The molecule has 0 spiro atoms. The normalized spacial score (nSPS) is 11.5. The standard InChI is InChI=1S/C8H12N2O2S/c1-13(11,12)8-6-7(2-4-9)3-5-10-8/h3,5-6H,2,4,9H2,1H3. The van der Waals surface area contributed by atoms with E-state index in [1.807, 2.05) is 0 Å². The zero-order valence-corrected chi connectivity index (χ0v) is 8.21. The number of hydrogen-bond donors (Lipinski definition) is 1. The van der Waals surface area contributed by atoms with Crippen LogP contribution in [0.4, 0.5) is 0 Å². The Hall–Kier alpha value is -0.940. The molecular formula is C8H12N2O2S. The number of sulfone groups is 1. The Kier molecular flexibility index (Phi) is 3.00. The van der Waals surface area contributed by atoms with E-state index in [1.165, 1.54) is 6.20 Å². The van der Waals surface area contributed by atoms with Crippen LogP contribution < -0.4 is 5.73 Å². The highest BCUT2D eigenvalue weighted by molar-refractivity contribution is 7.90. The fraction of sp³-hybridized carbons (Fsp3) is 0.375. The summed E-state index contributed by atoms with van der Waals surface area (Å²) >= 11 is 0. The molecule has 0 unspecified atom stereocenters. The number of hydrogen-bond acceptors (Lipinski definition) is 4. The van der Waals surface area contributed by atoms with Crippen molar-refractivity contribution < 1.29 is 8.42 Å². The molecule has 0 bridgehead atoms. The number of nitrogens with zero attached hydrogens (tertiary/aromatic N) is 1. The molecule has 4 nitrogen and oxygen atoms in total. The average molecular weight is 200 g/mol. The van der Waals surface area contributed by atoms with Crippen LogP contribution in [0.15, 0.2) is 23.4 Å². The van der Waals surface area contributed by atoms with Gasteiger partial charge in [-0.15, -0.1) is 0 Å². The molecule has 13 heavy (non-hydrogen) atoms. The maximum Gasteiger partial charge on any atom is 0.192 e. The second kappa shape index (κ2) is 3.85. The fourth-order valence-corrected chi connectivity index (χ4v) is 1.59. The zero-order chi connectivity index (χ0) is 9.90. The Morgan fingerprint density at radius 2 is 2.23 bits per heavy atom. The number of aromatic nitrogens is 1. The highest BCUT2D eigenvalue weighted by Crippen LogP contribution is 2.07. The van der Waals surface area contributed by atoms with Crippen LogP contribution in [-0.4, -0.2) is 26.2 Å². The van der Waals surface area contributed by atoms with Crippen molar-refractivity contribution in [2.24, 2.45) is 5.73 Å². The van der Waals surface area contributed by atoms with Crippen molar-refractivity contribution >= 4 is 9.84 Å². The van der Waals surface area contributed by atoms with Gasteiger partial charge in [-0.2, -0.15) is 0 Å². The van der Waals surface area contributed by atoms with Crippen molar-refractivity contribution in [2.45, 2.75) is 11.4 Å². The Bertz CT molecular complexity index is 387. The van der Waals surface area contributed by atoms with Crippen LogP contribution in [0.2, 0.25) is 0 Å². The summed E-state index contributed by atoms with van der Waals surface area (Å²) < 4.78 is 22.2. The SMILES string of the molecule is CS(=O)(=O)c1cc(CCN)ccn1. The van der Waals surface area contributed by atoms with Crippen LogP contribution >= 0.6 is 0 Å². The fourth-order valence-electron chi connectivity index (χ4n) is 0.975. The maximum atomic E-state index is 11.1. The van der Waals surface area contributed by atoms with Gasteiger partial charge in [0, 0.05) is 12.5 Å². The monoisotopic (exact) mass is 200 g/mol. The smallest absolute Gasteiger partial charge is 0.192 e. The van der Waals surface area contributed by atoms with Crippen LogP contribution in [0.25, 0.3) is 0 Å². The van der Waals surface area contributed by atoms with Gasteiger partial charge in [-0.1, -0.05) is 0 Å². The van der Waals surface area contributed by atoms with E-state index in [9.17, 15) is 8.42 Å². The minimum Gasteiger partial charge on any atom is -0.330 e. The van der Waals surface area contributed by atoms with Crippen molar-refractivity contribution in [3.8, 4) is 0 Å². The molecule has 0 saturated carbocycles. The van der Waals surface area contributed by atoms with E-state index < -0.39 is 9.84 Å². The van der Waals surface area contributed by atoms with E-state index in [0.29, 0.717) is 13.0 Å². The largest absolute Gasteiger partial charge is 0.330 e. The van der Waals surface area contributed by atoms with Crippen molar-refractivity contribution in [3.05, 3.63) is 23.9 Å². The predicted octanol–water partition coefficient (Wildman–Crippen LogP) is -0.0137. The molecule has 2 N–H and O–H groups in total. The molecular weight excluding hydrogens is 188 g/mol. The summed E-state index contributed by atoms with van der Waals surface area (Å²) in [5.74, 6) is 0. The lowest BCUT2D eigenvalue weighted by Gasteiger charge is -2.00. The molecule has 0 amide bonds. The predicted molar refractivity (Wildman–Crippen MR) is 50.1 cm³/mol. The first-order chi connectivity index (χ1) is 6.04. The average Bonchev–Trinajstić information content (AvgIpc) is 2.04. The maximum absolute atomic E-state index is 11.1. The van der Waals surface area contributed by atoms with Gasteiger partial charge in [0.15, 0.2) is 14.9 Å². The van der Waals surface area contributed by atoms with Crippen LogP contribution in [0.5, 0.6) is 0 Å². The molecule has 0 aliphatic rings. The Labute approximate surface area is 77.7 Å². The molecule has 0 aromatic carbocycles. The summed E-state index contributed by atoms with van der Waals surface area (Å²) in [6.45, 7) is 0.507. The third-order valence-corrected chi connectivity index (χ3v) is 2.60. The Morgan fingerprint density at radius 1 is 1.54 bits per heavy atom. The van der Waals surface area contributed by atoms with Crippen molar-refractivity contribution in [1.29, 1.82) is 0 Å². The van der Waals surface area contributed by atoms with Crippen molar-refractivity contribution in [3.63, 3.8) is 0 Å². The third kappa shape index (κ3) is 2.78. The summed E-state index contributed by atoms with van der Waals surface area (Å²) in [4.78, 5) is 3.76. The number of pyridine rings is 1. The van der Waals surface area contributed by atoms with Gasteiger partial charge in [0.25, 0.3) is 0 Å². The van der Waals surface area contributed by atoms with Gasteiger partial charge < -0.3 is 5.73 Å². The molecule has 0 aliphatic carbocycles. The lowest BCUT2D eigenvalue weighted by molar-refractivity contribution is 0.598. The number of rotatable bonds is 3. The zero-order valence-electron chi connectivity index (χ0n) is 7.40. The van der Waals surface area contributed by atoms with Gasteiger partial charge in [0.1, 0.15) is 0 Å². The molecule has 0 fully saturated rings. The molecule has 1 aromatic heterocycles. The lowest BCUT2D eigenvalue weighted by Crippen LogP contribution is -2.05. The summed E-state index contributed by atoms with van der Waals surface area (Å²) in [6, 6.07) is 3.32. The highest BCUT2D eigenvalue weighted by Gasteiger charge is 2.08. The first-order valence-electron chi connectivity index (χ1n) is 3.89. The van der Waals surface area contributed by atoms with Gasteiger partial charge in [-0.25, -0.2) is 13.4 Å². The highest BCUT2D eigenvalue weighted by atomic mass is 32.2. The van der Waals surface area contributed by atoms with E-state index in [0.717, 1.165) is 11.8 Å². The first kappa shape index (κ1) is 10.1. The van der Waals surface area contributed by atoms with Crippen molar-refractivity contribution in [1.82, 2.24) is 4.98 Å². The molecule has 0 atom stereocenters. The minimum atomic E-state index is -3.20. The van der Waals surface area contributed by atoms with Gasteiger partial charge in [0.2, 0.25) is 0 Å². The molecule has 1 heterocycles. The van der Waals surface area contributed by atoms with E-state index in [4.69, 9.17) is 5.73 Å². The molecule has 5 heteroatoms. The third-order valence-electron chi connectivity index (χ3n) is 1.61. The van der Waals surface area contributed by atoms with E-state index >= 15 is 0 Å². The molecule has 1 aromatic rings.